The van der Waals surface area contributed by atoms with E-state index in [0.29, 0.717) is 90.8 Å². The van der Waals surface area contributed by atoms with Gasteiger partial charge in [-0.05, 0) is 161 Å². The van der Waals surface area contributed by atoms with Gasteiger partial charge in [-0.15, -0.1) is 22.7 Å². The second-order valence-corrected chi connectivity index (χ2v) is 30.8. The lowest BCUT2D eigenvalue weighted by molar-refractivity contribution is 0.467. The highest BCUT2D eigenvalue weighted by Gasteiger charge is 2.52. The van der Waals surface area contributed by atoms with Gasteiger partial charge >= 0.3 is 0 Å². The fourth-order valence-electron chi connectivity index (χ4n) is 17.8. The van der Waals surface area contributed by atoms with Crippen molar-refractivity contribution in [2.75, 3.05) is 24.5 Å². The summed E-state index contributed by atoms with van der Waals surface area (Å²) in [6.07, 6.45) is 0. The maximum Gasteiger partial charge on any atom is 0.273 e. The lowest BCUT2D eigenvalue weighted by Crippen LogP contribution is -2.65. The number of hydrogen-bond acceptors (Lipinski definition) is 11. The van der Waals surface area contributed by atoms with Crippen LogP contribution in [0.5, 0.6) is 46.0 Å². The first-order chi connectivity index (χ1) is 55.2. The summed E-state index contributed by atoms with van der Waals surface area (Å²) in [6, 6.07) is 105. The fraction of sp³-hybridized carbons (Fsp3) is 0. The summed E-state index contributed by atoms with van der Waals surface area (Å²) in [5.74, 6) is 1.17. The number of anilines is 15. The Balaban J connectivity index is 0.829. The molecule has 23 rings (SSSR count). The molecule has 0 unspecified atom stereocenters. The van der Waals surface area contributed by atoms with E-state index >= 15 is 17.6 Å². The van der Waals surface area contributed by atoms with Crippen LogP contribution in [0, 0.1) is 23.3 Å². The normalized spacial score (nSPS) is 13.2. The molecule has 528 valence electrons. The summed E-state index contributed by atoms with van der Waals surface area (Å²) in [4.78, 5) is 9.73. The Morgan fingerprint density at radius 3 is 0.893 bits per heavy atom. The first kappa shape index (κ1) is 64.3. The monoisotopic (exact) mass is 1490 g/mol. The van der Waals surface area contributed by atoms with E-state index in [4.69, 9.17) is 18.9 Å². The van der Waals surface area contributed by atoms with E-state index in [1.54, 1.807) is 32.5 Å². The molecular formula is C94H54B3F4N5O4S2. The predicted octanol–water partition coefficient (Wildman–Crippen LogP) is 20.6. The van der Waals surface area contributed by atoms with Gasteiger partial charge in [-0.25, -0.2) is 17.6 Å². The third-order valence-electron chi connectivity index (χ3n) is 22.4. The molecule has 0 bridgehead atoms. The molecule has 9 nitrogen and oxygen atoms in total. The summed E-state index contributed by atoms with van der Waals surface area (Å²) < 4.78 is 106. The average molecular weight is 1490 g/mol. The molecule has 0 amide bonds. The third kappa shape index (κ3) is 9.71. The van der Waals surface area contributed by atoms with Crippen LogP contribution in [0.1, 0.15) is 0 Å². The Hall–Kier alpha value is -13.7. The summed E-state index contributed by atoms with van der Waals surface area (Å²) >= 11 is 3.30. The highest BCUT2D eigenvalue weighted by Crippen LogP contribution is 2.54. The van der Waals surface area contributed by atoms with Crippen LogP contribution in [0.3, 0.4) is 0 Å². The zero-order chi connectivity index (χ0) is 74.1. The van der Waals surface area contributed by atoms with Gasteiger partial charge in [0.2, 0.25) is 0 Å². The van der Waals surface area contributed by atoms with Gasteiger partial charge in [0.15, 0.2) is 0 Å². The molecule has 112 heavy (non-hydrogen) atoms. The van der Waals surface area contributed by atoms with Crippen molar-refractivity contribution < 1.29 is 36.5 Å². The van der Waals surface area contributed by atoms with Crippen LogP contribution >= 0.6 is 22.7 Å². The lowest BCUT2D eigenvalue weighted by Gasteiger charge is -2.46. The Labute approximate surface area is 649 Å². The highest BCUT2D eigenvalue weighted by atomic mass is 32.1. The molecule has 15 aromatic carbocycles. The number of benzene rings is 15. The molecule has 17 aromatic rings. The van der Waals surface area contributed by atoms with Crippen LogP contribution in [-0.2, 0) is 0 Å². The van der Waals surface area contributed by atoms with E-state index in [-0.39, 0.29) is 11.4 Å². The number of nitrogens with zero attached hydrogens (tertiary/aromatic N) is 5. The van der Waals surface area contributed by atoms with Gasteiger partial charge in [0.05, 0.1) is 17.1 Å². The van der Waals surface area contributed by atoms with Crippen molar-refractivity contribution in [2.45, 2.75) is 0 Å². The second kappa shape index (κ2) is 24.9. The topological polar surface area (TPSA) is 53.1 Å². The Kier molecular flexibility index (Phi) is 14.3. The van der Waals surface area contributed by atoms with E-state index in [2.05, 4.69) is 124 Å². The molecule has 6 aliphatic heterocycles. The van der Waals surface area contributed by atoms with Crippen molar-refractivity contribution in [3.8, 4) is 46.0 Å². The van der Waals surface area contributed by atoms with Gasteiger partial charge in [0, 0.05) is 134 Å². The summed E-state index contributed by atoms with van der Waals surface area (Å²) in [5.41, 5.74) is 12.8. The molecule has 2 aromatic heterocycles. The Morgan fingerprint density at radius 1 is 0.250 bits per heavy atom. The van der Waals surface area contributed by atoms with Crippen LogP contribution in [-0.4, -0.2) is 20.1 Å². The third-order valence-corrected chi connectivity index (χ3v) is 24.8. The molecule has 6 aliphatic rings. The summed E-state index contributed by atoms with van der Waals surface area (Å²) in [7, 11) is 0. The number of thiophene rings is 2. The van der Waals surface area contributed by atoms with E-state index in [0.717, 1.165) is 97.1 Å². The van der Waals surface area contributed by atoms with E-state index in [1.807, 2.05) is 182 Å². The molecule has 0 N–H and O–H groups in total. The molecule has 0 atom stereocenters. The van der Waals surface area contributed by atoms with Crippen molar-refractivity contribution in [1.29, 1.82) is 0 Å². The molecule has 0 radical (unpaired) electrons. The first-order valence-electron chi connectivity index (χ1n) is 37.0. The van der Waals surface area contributed by atoms with Crippen molar-refractivity contribution in [1.82, 2.24) is 0 Å². The molecule has 0 saturated heterocycles. The van der Waals surface area contributed by atoms with Crippen LogP contribution in [0.25, 0.3) is 20.2 Å². The standard InChI is InChI=1S/C94H54B3F4N5O4S2/c98-70-39-23-40-71(99)89(70)105-74-53-78-68(96-87-80(107-78)47-62(103(57-29-11-3-12-30-57)58-31-13-4-14-32-58)49-82(87)109-91-64-37-19-21-43-84(64)111-93(91)96)51-66(74)95-67-52-69-79(54-75(67)106(90-72(100)41-24-42-73(90)101)77-46-61(45-76(105)86(77)95)102(55-25-7-1-8-26-55)56-27-9-2-10-28-56)108-81-48-63(104(59-33-15-5-16-34-59)60-35-17-6-18-36-60)50-83-88(81)97(69)94-92(110-83)65-38-20-22-44-85(65)112-94/h1-54H. The number of ether oxygens (including phenoxy) is 4. The van der Waals surface area contributed by atoms with Crippen molar-refractivity contribution in [2.24, 2.45) is 0 Å². The van der Waals surface area contributed by atoms with Gasteiger partial charge in [0.1, 0.15) is 80.6 Å². The van der Waals surface area contributed by atoms with Gasteiger partial charge < -0.3 is 43.4 Å². The average Bonchev–Trinajstić information content (AvgIpc) is 0.847. The molecule has 0 fully saturated rings. The van der Waals surface area contributed by atoms with Gasteiger partial charge in [-0.3, -0.25) is 0 Å². The van der Waals surface area contributed by atoms with E-state index < -0.39 is 43.4 Å². The molecule has 8 heterocycles. The SMILES string of the molecule is Fc1cccc(F)c1N1c2cc3c(cc2B2c4cc5c(cc4N(c4c(F)cccc4F)c4cc(N(c6ccccc6)c6ccccc6)cc1c42)Oc1cc(N(c2ccccc2)c2ccccc2)cc2c1B5c1sc4ccccc4c1O2)B1c2sc4ccccc4c2Oc2cc(N(c4ccccc4)c4ccccc4)cc(c21)O3. The van der Waals surface area contributed by atoms with Crippen molar-refractivity contribution >= 4 is 196 Å². The maximum absolute atomic E-state index is 18.2. The van der Waals surface area contributed by atoms with Gasteiger partial charge in [0.25, 0.3) is 20.1 Å². The number of rotatable bonds is 11. The maximum atomic E-state index is 18.2. The number of para-hydroxylation sites is 8. The second-order valence-electron chi connectivity index (χ2n) is 28.6. The Bertz CT molecular complexity index is 6270. The quantitative estimate of drug-likeness (QED) is 0.0931. The predicted molar refractivity (Wildman–Crippen MR) is 450 cm³/mol. The summed E-state index contributed by atoms with van der Waals surface area (Å²) in [6.45, 7) is -1.93. The zero-order valence-electron chi connectivity index (χ0n) is 59.1. The van der Waals surface area contributed by atoms with Crippen LogP contribution < -0.4 is 91.2 Å². The molecule has 0 spiro atoms. The smallest absolute Gasteiger partial charge is 0.273 e. The van der Waals surface area contributed by atoms with Crippen LogP contribution in [0.4, 0.5) is 103 Å². The van der Waals surface area contributed by atoms with Crippen molar-refractivity contribution in [3.63, 3.8) is 0 Å². The highest BCUT2D eigenvalue weighted by molar-refractivity contribution is 7.33. The van der Waals surface area contributed by atoms with E-state index in [1.165, 1.54) is 36.4 Å². The minimum Gasteiger partial charge on any atom is -0.458 e. The number of hydrogen-bond donors (Lipinski definition) is 0. The van der Waals surface area contributed by atoms with Gasteiger partial charge in [-0.2, -0.15) is 0 Å². The number of halogens is 4. The molecular weight excluding hydrogens is 1440 g/mol. The Morgan fingerprint density at radius 2 is 0.554 bits per heavy atom. The number of fused-ring (bicyclic) bond motifs is 16. The van der Waals surface area contributed by atoms with Crippen LogP contribution in [0.2, 0.25) is 0 Å². The minimum absolute atomic E-state index is 0.339. The largest absolute Gasteiger partial charge is 0.458 e. The minimum atomic E-state index is -0.871. The van der Waals surface area contributed by atoms with Gasteiger partial charge in [-0.1, -0.05) is 158 Å². The molecule has 0 aliphatic carbocycles. The van der Waals surface area contributed by atoms with Crippen molar-refractivity contribution in [3.05, 3.63) is 351 Å². The molecule has 18 heteroatoms. The molecule has 0 saturated carbocycles. The zero-order valence-corrected chi connectivity index (χ0v) is 60.7. The summed E-state index contributed by atoms with van der Waals surface area (Å²) in [5, 5.41) is 1.89. The van der Waals surface area contributed by atoms with E-state index in [9.17, 15) is 0 Å². The lowest BCUT2D eigenvalue weighted by atomic mass is 9.30. The van der Waals surface area contributed by atoms with Crippen LogP contribution in [0.15, 0.2) is 328 Å². The first-order valence-corrected chi connectivity index (χ1v) is 38.7. The fourth-order valence-corrected chi connectivity index (χ4v) is 20.4.